The van der Waals surface area contributed by atoms with Gasteiger partial charge in [0.2, 0.25) is 5.91 Å². The fraction of sp³-hybridized carbons (Fsp3) is 0.600. The molecule has 0 aromatic heterocycles. The minimum Gasteiger partial charge on any atom is -0.481 e. The minimum atomic E-state index is -0.896. The first kappa shape index (κ1) is 14.0. The molecule has 0 saturated heterocycles. The van der Waals surface area contributed by atoms with Crippen molar-refractivity contribution < 1.29 is 14.7 Å². The molecule has 1 N–H and O–H groups in total. The van der Waals surface area contributed by atoms with Crippen molar-refractivity contribution in [1.82, 2.24) is 4.90 Å². The molecular formula is C10H17NO3S. The molecule has 5 heteroatoms. The van der Waals surface area contributed by atoms with E-state index in [0.29, 0.717) is 6.54 Å². The van der Waals surface area contributed by atoms with Crippen LogP contribution < -0.4 is 0 Å². The monoisotopic (exact) mass is 231 g/mol. The molecule has 86 valence electrons. The third kappa shape index (κ3) is 6.17. The molecule has 0 atom stereocenters. The first-order valence-electron chi connectivity index (χ1n) is 4.69. The number of carbonyl (C=O) groups is 2. The largest absolute Gasteiger partial charge is 0.481 e. The zero-order valence-electron chi connectivity index (χ0n) is 9.10. The molecule has 0 saturated carbocycles. The molecule has 4 nitrogen and oxygen atoms in total. The molecule has 0 fully saturated rings. The number of carboxylic acid groups (broad SMARTS) is 1. The fourth-order valence-electron chi connectivity index (χ4n) is 1.05. The summed E-state index contributed by atoms with van der Waals surface area (Å²) in [6.07, 6.45) is 1.67. The van der Waals surface area contributed by atoms with Crippen LogP contribution in [0.4, 0.5) is 0 Å². The second-order valence-electron chi connectivity index (χ2n) is 3.32. The number of hydrogen-bond donors (Lipinski definition) is 1. The average molecular weight is 231 g/mol. The summed E-state index contributed by atoms with van der Waals surface area (Å²) in [6, 6.07) is 0.112. The number of nitrogens with zero attached hydrogens (tertiary/aromatic N) is 1. The van der Waals surface area contributed by atoms with Crippen LogP contribution >= 0.6 is 11.8 Å². The Kier molecular flexibility index (Phi) is 6.86. The van der Waals surface area contributed by atoms with Crippen LogP contribution in [0.3, 0.4) is 0 Å². The van der Waals surface area contributed by atoms with Crippen molar-refractivity contribution in [3.05, 3.63) is 12.7 Å². The number of thioether (sulfide) groups is 1. The number of aliphatic carboxylic acids is 1. The summed E-state index contributed by atoms with van der Waals surface area (Å²) in [5, 5.41) is 8.42. The number of carbonyl (C=O) groups excluding carboxylic acids is 1. The number of amides is 1. The topological polar surface area (TPSA) is 57.6 Å². The van der Waals surface area contributed by atoms with Gasteiger partial charge in [-0.3, -0.25) is 9.59 Å². The number of carboxylic acids is 1. The highest BCUT2D eigenvalue weighted by Crippen LogP contribution is 2.05. The van der Waals surface area contributed by atoms with Gasteiger partial charge in [0.25, 0.3) is 0 Å². The van der Waals surface area contributed by atoms with Gasteiger partial charge < -0.3 is 10.0 Å². The maximum Gasteiger partial charge on any atom is 0.313 e. The lowest BCUT2D eigenvalue weighted by Crippen LogP contribution is -2.38. The van der Waals surface area contributed by atoms with Crippen LogP contribution in [-0.4, -0.2) is 46.0 Å². The zero-order chi connectivity index (χ0) is 11.8. The second-order valence-corrected chi connectivity index (χ2v) is 4.30. The smallest absolute Gasteiger partial charge is 0.313 e. The lowest BCUT2D eigenvalue weighted by atomic mass is 10.3. The van der Waals surface area contributed by atoms with E-state index in [-0.39, 0.29) is 23.5 Å². The van der Waals surface area contributed by atoms with E-state index in [1.807, 2.05) is 13.8 Å². The molecule has 0 heterocycles. The first-order chi connectivity index (χ1) is 6.99. The molecule has 0 aromatic carbocycles. The van der Waals surface area contributed by atoms with Crippen molar-refractivity contribution in [1.29, 1.82) is 0 Å². The third-order valence-corrected chi connectivity index (χ3v) is 2.62. The van der Waals surface area contributed by atoms with Gasteiger partial charge in [0, 0.05) is 12.6 Å². The van der Waals surface area contributed by atoms with Gasteiger partial charge in [-0.15, -0.1) is 18.3 Å². The normalized spacial score (nSPS) is 10.1. The quantitative estimate of drug-likeness (QED) is 0.669. The van der Waals surface area contributed by atoms with Gasteiger partial charge in [0.15, 0.2) is 0 Å². The Morgan fingerprint density at radius 1 is 1.47 bits per heavy atom. The van der Waals surface area contributed by atoms with Crippen LogP contribution in [0.1, 0.15) is 13.8 Å². The van der Waals surface area contributed by atoms with Gasteiger partial charge >= 0.3 is 5.97 Å². The molecule has 0 aliphatic rings. The lowest BCUT2D eigenvalue weighted by molar-refractivity contribution is -0.133. The maximum atomic E-state index is 11.6. The molecule has 15 heavy (non-hydrogen) atoms. The summed E-state index contributed by atoms with van der Waals surface area (Å²) in [5.41, 5.74) is 0. The summed E-state index contributed by atoms with van der Waals surface area (Å²) < 4.78 is 0. The van der Waals surface area contributed by atoms with Gasteiger partial charge in [-0.1, -0.05) is 6.08 Å². The molecule has 0 aromatic rings. The van der Waals surface area contributed by atoms with E-state index in [1.165, 1.54) is 0 Å². The van der Waals surface area contributed by atoms with Crippen LogP contribution in [0.25, 0.3) is 0 Å². The van der Waals surface area contributed by atoms with Crippen molar-refractivity contribution in [2.75, 3.05) is 18.1 Å². The van der Waals surface area contributed by atoms with Crippen molar-refractivity contribution in [2.45, 2.75) is 19.9 Å². The van der Waals surface area contributed by atoms with Gasteiger partial charge in [-0.2, -0.15) is 0 Å². The Morgan fingerprint density at radius 3 is 2.47 bits per heavy atom. The van der Waals surface area contributed by atoms with Crippen molar-refractivity contribution in [3.63, 3.8) is 0 Å². The van der Waals surface area contributed by atoms with Crippen LogP contribution in [0.2, 0.25) is 0 Å². The van der Waals surface area contributed by atoms with Crippen LogP contribution in [-0.2, 0) is 9.59 Å². The van der Waals surface area contributed by atoms with Crippen LogP contribution in [0.15, 0.2) is 12.7 Å². The van der Waals surface area contributed by atoms with E-state index in [4.69, 9.17) is 5.11 Å². The van der Waals surface area contributed by atoms with Crippen molar-refractivity contribution in [2.24, 2.45) is 0 Å². The highest BCUT2D eigenvalue weighted by atomic mass is 32.2. The Bertz CT molecular complexity index is 241. The van der Waals surface area contributed by atoms with E-state index < -0.39 is 5.97 Å². The predicted octanol–water partition coefficient (Wildman–Crippen LogP) is 1.23. The lowest BCUT2D eigenvalue weighted by Gasteiger charge is -2.25. The molecule has 0 aliphatic carbocycles. The van der Waals surface area contributed by atoms with Gasteiger partial charge in [-0.25, -0.2) is 0 Å². The summed E-state index contributed by atoms with van der Waals surface area (Å²) in [7, 11) is 0. The SMILES string of the molecule is C=CCN(C(=O)CSCC(=O)O)C(C)C. The summed E-state index contributed by atoms with van der Waals surface area (Å²) >= 11 is 1.12. The van der Waals surface area contributed by atoms with E-state index in [2.05, 4.69) is 6.58 Å². The van der Waals surface area contributed by atoms with E-state index in [0.717, 1.165) is 11.8 Å². The van der Waals surface area contributed by atoms with Crippen LogP contribution in [0, 0.1) is 0 Å². The zero-order valence-corrected chi connectivity index (χ0v) is 9.92. The Balaban J connectivity index is 4.02. The van der Waals surface area contributed by atoms with Crippen molar-refractivity contribution in [3.8, 4) is 0 Å². The molecule has 1 amide bonds. The van der Waals surface area contributed by atoms with E-state index >= 15 is 0 Å². The highest BCUT2D eigenvalue weighted by molar-refractivity contribution is 8.00. The molecule has 0 spiro atoms. The van der Waals surface area contributed by atoms with Crippen LogP contribution in [0.5, 0.6) is 0 Å². The summed E-state index contributed by atoms with van der Waals surface area (Å²) in [5.74, 6) is -0.770. The fourth-order valence-corrected chi connectivity index (χ4v) is 1.67. The molecular weight excluding hydrogens is 214 g/mol. The first-order valence-corrected chi connectivity index (χ1v) is 5.84. The van der Waals surface area contributed by atoms with Gasteiger partial charge in [0.05, 0.1) is 11.5 Å². The van der Waals surface area contributed by atoms with Gasteiger partial charge in [0.1, 0.15) is 0 Å². The van der Waals surface area contributed by atoms with Gasteiger partial charge in [-0.05, 0) is 13.8 Å². The van der Waals surface area contributed by atoms with Crippen molar-refractivity contribution >= 4 is 23.6 Å². The molecule has 0 rings (SSSR count). The maximum absolute atomic E-state index is 11.6. The Hall–Kier alpha value is -0.970. The summed E-state index contributed by atoms with van der Waals surface area (Å²) in [6.45, 7) is 7.92. The predicted molar refractivity (Wildman–Crippen MR) is 62.0 cm³/mol. The molecule has 0 aliphatic heterocycles. The highest BCUT2D eigenvalue weighted by Gasteiger charge is 2.15. The summed E-state index contributed by atoms with van der Waals surface area (Å²) in [4.78, 5) is 23.5. The Labute approximate surface area is 94.3 Å². The molecule has 0 bridgehead atoms. The average Bonchev–Trinajstić information content (AvgIpc) is 2.12. The molecule has 0 radical (unpaired) electrons. The van der Waals surface area contributed by atoms with E-state index in [1.54, 1.807) is 11.0 Å². The minimum absolute atomic E-state index is 0.0359. The third-order valence-electron chi connectivity index (χ3n) is 1.72. The standard InChI is InChI=1S/C10H17NO3S/c1-4-5-11(8(2)3)9(12)6-15-7-10(13)14/h4,8H,1,5-7H2,2-3H3,(H,13,14). The number of rotatable bonds is 7. The van der Waals surface area contributed by atoms with E-state index in [9.17, 15) is 9.59 Å². The second kappa shape index (κ2) is 7.34. The Morgan fingerprint density at radius 2 is 2.07 bits per heavy atom. The number of hydrogen-bond acceptors (Lipinski definition) is 3. The molecule has 0 unspecified atom stereocenters.